The van der Waals surface area contributed by atoms with Gasteiger partial charge in [-0.1, -0.05) is 12.1 Å². The molecule has 1 heterocycles. The number of halogens is 1. The van der Waals surface area contributed by atoms with Crippen LogP contribution in [0.3, 0.4) is 0 Å². The standard InChI is InChI=1S/C14H14FN3O4/c1-20-13-10(7-16-14(18-13)21-2)17-12(19)8-22-11-6-4-3-5-9(11)15/h3-7H,8H2,1-2H3,(H,17,19). The van der Waals surface area contributed by atoms with Gasteiger partial charge in [-0.3, -0.25) is 4.79 Å². The van der Waals surface area contributed by atoms with Crippen molar-refractivity contribution in [1.82, 2.24) is 9.97 Å². The van der Waals surface area contributed by atoms with Crippen LogP contribution in [0.4, 0.5) is 10.1 Å². The first-order valence-corrected chi connectivity index (χ1v) is 6.26. The van der Waals surface area contributed by atoms with Gasteiger partial charge in [0.25, 0.3) is 5.91 Å². The summed E-state index contributed by atoms with van der Waals surface area (Å²) in [5.41, 5.74) is 0.255. The van der Waals surface area contributed by atoms with E-state index < -0.39 is 11.7 Å². The molecule has 116 valence electrons. The number of nitrogens with zero attached hydrogens (tertiary/aromatic N) is 2. The molecule has 0 fully saturated rings. The summed E-state index contributed by atoms with van der Waals surface area (Å²) in [4.78, 5) is 19.6. The van der Waals surface area contributed by atoms with E-state index in [1.54, 1.807) is 6.07 Å². The van der Waals surface area contributed by atoms with Crippen LogP contribution in [0.25, 0.3) is 0 Å². The van der Waals surface area contributed by atoms with Crippen molar-refractivity contribution in [2.24, 2.45) is 0 Å². The maximum Gasteiger partial charge on any atom is 0.319 e. The Morgan fingerprint density at radius 3 is 2.73 bits per heavy atom. The van der Waals surface area contributed by atoms with Gasteiger partial charge in [-0.15, -0.1) is 0 Å². The van der Waals surface area contributed by atoms with Gasteiger partial charge < -0.3 is 19.5 Å². The molecule has 7 nitrogen and oxygen atoms in total. The molecule has 0 aliphatic carbocycles. The van der Waals surface area contributed by atoms with Crippen molar-refractivity contribution in [2.75, 3.05) is 26.1 Å². The Bertz CT molecular complexity index is 666. The van der Waals surface area contributed by atoms with Crippen molar-refractivity contribution in [2.45, 2.75) is 0 Å². The van der Waals surface area contributed by atoms with Gasteiger partial charge in [0.15, 0.2) is 18.2 Å². The highest BCUT2D eigenvalue weighted by atomic mass is 19.1. The molecule has 0 atom stereocenters. The van der Waals surface area contributed by atoms with Crippen LogP contribution in [-0.2, 0) is 4.79 Å². The van der Waals surface area contributed by atoms with E-state index >= 15 is 0 Å². The lowest BCUT2D eigenvalue weighted by atomic mass is 10.3. The maximum absolute atomic E-state index is 13.4. The van der Waals surface area contributed by atoms with Gasteiger partial charge >= 0.3 is 6.01 Å². The molecule has 0 unspecified atom stereocenters. The molecule has 0 bridgehead atoms. The number of amides is 1. The highest BCUT2D eigenvalue weighted by Crippen LogP contribution is 2.22. The molecule has 1 N–H and O–H groups in total. The molecule has 2 aromatic rings. The average Bonchev–Trinajstić information content (AvgIpc) is 2.54. The van der Waals surface area contributed by atoms with E-state index in [-0.39, 0.29) is 29.9 Å². The predicted octanol–water partition coefficient (Wildman–Crippen LogP) is 1.65. The number of methoxy groups -OCH3 is 2. The van der Waals surface area contributed by atoms with Gasteiger partial charge in [0.1, 0.15) is 5.69 Å². The van der Waals surface area contributed by atoms with Crippen molar-refractivity contribution in [3.8, 4) is 17.6 Å². The minimum absolute atomic E-state index is 0.00408. The van der Waals surface area contributed by atoms with Crippen LogP contribution in [0.1, 0.15) is 0 Å². The first kappa shape index (κ1) is 15.5. The Hall–Kier alpha value is -2.90. The Balaban J connectivity index is 1.99. The molecule has 22 heavy (non-hydrogen) atoms. The Labute approximate surface area is 126 Å². The van der Waals surface area contributed by atoms with Gasteiger partial charge in [0.05, 0.1) is 20.4 Å². The second kappa shape index (κ2) is 7.21. The first-order chi connectivity index (χ1) is 10.6. The molecule has 2 rings (SSSR count). The lowest BCUT2D eigenvalue weighted by Gasteiger charge is -2.10. The minimum atomic E-state index is -0.541. The Kier molecular flexibility index (Phi) is 5.07. The van der Waals surface area contributed by atoms with E-state index in [4.69, 9.17) is 14.2 Å². The smallest absolute Gasteiger partial charge is 0.319 e. The van der Waals surface area contributed by atoms with Crippen LogP contribution in [-0.4, -0.2) is 36.7 Å². The predicted molar refractivity (Wildman–Crippen MR) is 75.7 cm³/mol. The van der Waals surface area contributed by atoms with Crippen LogP contribution in [0.5, 0.6) is 17.6 Å². The third-order valence-electron chi connectivity index (χ3n) is 2.58. The number of carbonyl (C=O) groups is 1. The number of aromatic nitrogens is 2. The topological polar surface area (TPSA) is 82.6 Å². The fourth-order valence-electron chi connectivity index (χ4n) is 1.58. The summed E-state index contributed by atoms with van der Waals surface area (Å²) in [7, 11) is 2.81. The third-order valence-corrected chi connectivity index (χ3v) is 2.58. The molecule has 0 saturated carbocycles. The fraction of sp³-hybridized carbons (Fsp3) is 0.214. The molecule has 0 aliphatic rings. The summed E-state index contributed by atoms with van der Waals surface area (Å²) < 4.78 is 28.3. The number of para-hydroxylation sites is 1. The number of ether oxygens (including phenoxy) is 3. The summed E-state index contributed by atoms with van der Waals surface area (Å²) in [6, 6.07) is 5.92. The van der Waals surface area contributed by atoms with Crippen molar-refractivity contribution >= 4 is 11.6 Å². The van der Waals surface area contributed by atoms with Crippen molar-refractivity contribution in [3.05, 3.63) is 36.3 Å². The lowest BCUT2D eigenvalue weighted by molar-refractivity contribution is -0.118. The van der Waals surface area contributed by atoms with Gasteiger partial charge in [0, 0.05) is 0 Å². The van der Waals surface area contributed by atoms with Crippen molar-refractivity contribution < 1.29 is 23.4 Å². The zero-order valence-electron chi connectivity index (χ0n) is 12.0. The number of benzene rings is 1. The summed E-state index contributed by atoms with van der Waals surface area (Å²) in [6.45, 7) is -0.365. The zero-order chi connectivity index (χ0) is 15.9. The van der Waals surface area contributed by atoms with E-state index in [2.05, 4.69) is 15.3 Å². The van der Waals surface area contributed by atoms with Crippen LogP contribution in [0.15, 0.2) is 30.5 Å². The first-order valence-electron chi connectivity index (χ1n) is 6.26. The molecule has 0 aliphatic heterocycles. The summed E-state index contributed by atoms with van der Waals surface area (Å²) in [6.07, 6.45) is 1.34. The second-order valence-corrected chi connectivity index (χ2v) is 4.05. The Morgan fingerprint density at radius 2 is 2.05 bits per heavy atom. The molecule has 0 radical (unpaired) electrons. The van der Waals surface area contributed by atoms with Crippen LogP contribution in [0, 0.1) is 5.82 Å². The zero-order valence-corrected chi connectivity index (χ0v) is 12.0. The van der Waals surface area contributed by atoms with Crippen LogP contribution < -0.4 is 19.5 Å². The van der Waals surface area contributed by atoms with Gasteiger partial charge in [0.2, 0.25) is 5.88 Å². The second-order valence-electron chi connectivity index (χ2n) is 4.05. The van der Waals surface area contributed by atoms with E-state index in [1.807, 2.05) is 0 Å². The normalized spacial score (nSPS) is 9.95. The lowest BCUT2D eigenvalue weighted by Crippen LogP contribution is -2.21. The number of hydrogen-bond acceptors (Lipinski definition) is 6. The van der Waals surface area contributed by atoms with E-state index in [1.165, 1.54) is 38.6 Å². The number of anilines is 1. The minimum Gasteiger partial charge on any atom is -0.481 e. The molecule has 1 aromatic carbocycles. The van der Waals surface area contributed by atoms with Crippen molar-refractivity contribution in [3.63, 3.8) is 0 Å². The van der Waals surface area contributed by atoms with Crippen LogP contribution in [0.2, 0.25) is 0 Å². The summed E-state index contributed by atoms with van der Waals surface area (Å²) in [5, 5.41) is 2.51. The van der Waals surface area contributed by atoms with Crippen molar-refractivity contribution in [1.29, 1.82) is 0 Å². The molecule has 1 amide bonds. The van der Waals surface area contributed by atoms with Crippen LogP contribution >= 0.6 is 0 Å². The molecule has 8 heteroatoms. The number of nitrogens with one attached hydrogen (secondary N) is 1. The third kappa shape index (κ3) is 3.81. The van der Waals surface area contributed by atoms with E-state index in [9.17, 15) is 9.18 Å². The number of rotatable bonds is 6. The average molecular weight is 307 g/mol. The number of carbonyl (C=O) groups excluding carboxylic acids is 1. The number of hydrogen-bond donors (Lipinski definition) is 1. The highest BCUT2D eigenvalue weighted by Gasteiger charge is 2.12. The van der Waals surface area contributed by atoms with E-state index in [0.29, 0.717) is 0 Å². The van der Waals surface area contributed by atoms with Gasteiger partial charge in [-0.2, -0.15) is 4.98 Å². The molecular formula is C14H14FN3O4. The fourth-order valence-corrected chi connectivity index (χ4v) is 1.58. The summed E-state index contributed by atoms with van der Waals surface area (Å²) in [5.74, 6) is -0.905. The molecular weight excluding hydrogens is 293 g/mol. The van der Waals surface area contributed by atoms with Gasteiger partial charge in [-0.05, 0) is 12.1 Å². The molecule has 0 spiro atoms. The monoisotopic (exact) mass is 307 g/mol. The summed E-state index contributed by atoms with van der Waals surface area (Å²) >= 11 is 0. The maximum atomic E-state index is 13.4. The quantitative estimate of drug-likeness (QED) is 0.874. The van der Waals surface area contributed by atoms with Gasteiger partial charge in [-0.25, -0.2) is 9.37 Å². The largest absolute Gasteiger partial charge is 0.481 e. The SMILES string of the molecule is COc1ncc(NC(=O)COc2ccccc2F)c(OC)n1. The Morgan fingerprint density at radius 1 is 1.27 bits per heavy atom. The highest BCUT2D eigenvalue weighted by molar-refractivity contribution is 5.92. The van der Waals surface area contributed by atoms with E-state index in [0.717, 1.165) is 0 Å². The molecule has 0 saturated heterocycles. The molecule has 1 aromatic heterocycles.